The first-order valence-electron chi connectivity index (χ1n) is 5.46. The molecule has 0 aliphatic rings. The van der Waals surface area contributed by atoms with Crippen LogP contribution in [0.15, 0.2) is 29.6 Å². The fourth-order valence-corrected chi connectivity index (χ4v) is 2.25. The summed E-state index contributed by atoms with van der Waals surface area (Å²) in [6.07, 6.45) is 0. The number of nitrogens with one attached hydrogen (secondary N) is 4. The fraction of sp³-hybridized carbons (Fsp3) is 0. The van der Waals surface area contributed by atoms with Gasteiger partial charge in [-0.3, -0.25) is 10.1 Å². The van der Waals surface area contributed by atoms with E-state index in [1.165, 1.54) is 11.3 Å². The number of guanidine groups is 1. The van der Waals surface area contributed by atoms with Crippen LogP contribution >= 0.6 is 24.2 Å². The van der Waals surface area contributed by atoms with E-state index in [-0.39, 0.29) is 5.96 Å². The molecule has 2 rings (SSSR count). The number of anilines is 2. The van der Waals surface area contributed by atoms with Crippen molar-refractivity contribution in [3.05, 3.63) is 29.6 Å². The molecular formula is C11H12N6OS2. The average Bonchev–Trinajstić information content (AvgIpc) is 2.87. The highest BCUT2D eigenvalue weighted by molar-refractivity contribution is 7.78. The van der Waals surface area contributed by atoms with Gasteiger partial charge in [0.2, 0.25) is 0 Å². The summed E-state index contributed by atoms with van der Waals surface area (Å²) in [5.74, 6) is -0.150. The van der Waals surface area contributed by atoms with E-state index in [1.54, 1.807) is 12.1 Å². The Kier molecular flexibility index (Phi) is 4.43. The number of urea groups is 1. The van der Waals surface area contributed by atoms with Crippen molar-refractivity contribution in [1.82, 2.24) is 9.71 Å². The molecule has 0 atom stereocenters. The number of nitrogens with zero attached hydrogens (tertiary/aromatic N) is 1. The highest BCUT2D eigenvalue weighted by Gasteiger charge is 2.05. The summed E-state index contributed by atoms with van der Waals surface area (Å²) >= 11 is 5.01. The number of nitrogens with two attached hydrogens (primary N) is 1. The van der Waals surface area contributed by atoms with Gasteiger partial charge in [-0.1, -0.05) is 24.9 Å². The Morgan fingerprint density at radius 1 is 1.30 bits per heavy atom. The number of thiol groups is 1. The molecule has 1 heterocycles. The molecule has 0 saturated heterocycles. The summed E-state index contributed by atoms with van der Waals surface area (Å²) in [5.41, 5.74) is 7.55. The third-order valence-electron chi connectivity index (χ3n) is 2.29. The van der Waals surface area contributed by atoms with E-state index in [4.69, 9.17) is 11.1 Å². The summed E-state index contributed by atoms with van der Waals surface area (Å²) in [6, 6.07) is 6.79. The molecule has 2 amide bonds. The zero-order valence-corrected chi connectivity index (χ0v) is 11.9. The number of hydrogen-bond donors (Lipinski definition) is 6. The van der Waals surface area contributed by atoms with Crippen molar-refractivity contribution in [2.24, 2.45) is 5.73 Å². The van der Waals surface area contributed by atoms with Crippen LogP contribution in [0.25, 0.3) is 11.3 Å². The lowest BCUT2D eigenvalue weighted by molar-refractivity contribution is 0.257. The number of hydrogen-bond acceptors (Lipinski definition) is 5. The Hall–Kier alpha value is -2.26. The van der Waals surface area contributed by atoms with Gasteiger partial charge in [-0.25, -0.2) is 9.78 Å². The molecule has 0 aliphatic carbocycles. The molecule has 0 unspecified atom stereocenters. The molecule has 0 fully saturated rings. The van der Waals surface area contributed by atoms with Crippen molar-refractivity contribution in [1.29, 1.82) is 5.41 Å². The lowest BCUT2D eigenvalue weighted by atomic mass is 10.1. The standard InChI is InChI=1S/C11H12N6OS2/c12-9(13)16-11-15-8(5-20-11)6-1-3-7(4-2-6)14-10(18)17-19/h1-5,19H,(H2,14,17,18)(H4,12,13,15,16). The molecular weight excluding hydrogens is 296 g/mol. The Bertz CT molecular complexity index is 624. The Balaban J connectivity index is 2.11. The molecule has 0 saturated carbocycles. The Morgan fingerprint density at radius 3 is 2.60 bits per heavy atom. The number of aromatic nitrogens is 1. The number of carbonyl (C=O) groups excluding carboxylic acids is 1. The van der Waals surface area contributed by atoms with Gasteiger partial charge in [0, 0.05) is 16.6 Å². The predicted octanol–water partition coefficient (Wildman–Crippen LogP) is 2.08. The second-order valence-electron chi connectivity index (χ2n) is 3.72. The van der Waals surface area contributed by atoms with Crippen LogP contribution in [-0.4, -0.2) is 17.0 Å². The summed E-state index contributed by atoms with van der Waals surface area (Å²) < 4.78 is 2.17. The van der Waals surface area contributed by atoms with Crippen molar-refractivity contribution < 1.29 is 4.79 Å². The van der Waals surface area contributed by atoms with Gasteiger partial charge < -0.3 is 16.4 Å². The second kappa shape index (κ2) is 6.26. The van der Waals surface area contributed by atoms with Crippen molar-refractivity contribution in [3.8, 4) is 11.3 Å². The van der Waals surface area contributed by atoms with Crippen LogP contribution in [0.4, 0.5) is 15.6 Å². The van der Waals surface area contributed by atoms with E-state index >= 15 is 0 Å². The highest BCUT2D eigenvalue weighted by Crippen LogP contribution is 2.25. The third-order valence-corrected chi connectivity index (χ3v) is 3.25. The van der Waals surface area contributed by atoms with Crippen molar-refractivity contribution in [2.45, 2.75) is 0 Å². The van der Waals surface area contributed by atoms with Crippen LogP contribution in [0.5, 0.6) is 0 Å². The van der Waals surface area contributed by atoms with Crippen LogP contribution in [-0.2, 0) is 0 Å². The molecule has 0 bridgehead atoms. The molecule has 9 heteroatoms. The molecule has 2 aromatic rings. The van der Waals surface area contributed by atoms with Gasteiger partial charge >= 0.3 is 6.03 Å². The lowest BCUT2D eigenvalue weighted by Crippen LogP contribution is -2.20. The van der Waals surface area contributed by atoms with Gasteiger partial charge in [0.15, 0.2) is 11.1 Å². The minimum absolute atomic E-state index is 0.150. The lowest BCUT2D eigenvalue weighted by Gasteiger charge is -2.04. The number of benzene rings is 1. The monoisotopic (exact) mass is 308 g/mol. The molecule has 7 nitrogen and oxygen atoms in total. The molecule has 104 valence electrons. The minimum atomic E-state index is -0.400. The SMILES string of the molecule is N=C(N)Nc1nc(-c2ccc(NC(=O)NS)cc2)cs1. The quantitative estimate of drug-likeness (QED) is 0.296. The van der Waals surface area contributed by atoms with Crippen LogP contribution in [0, 0.1) is 5.41 Å². The first kappa shape index (κ1) is 14.2. The zero-order chi connectivity index (χ0) is 14.5. The van der Waals surface area contributed by atoms with E-state index in [2.05, 4.69) is 33.2 Å². The van der Waals surface area contributed by atoms with E-state index in [9.17, 15) is 4.79 Å². The van der Waals surface area contributed by atoms with Crippen molar-refractivity contribution in [3.63, 3.8) is 0 Å². The Morgan fingerprint density at radius 2 is 2.00 bits per heavy atom. The van der Waals surface area contributed by atoms with E-state index < -0.39 is 6.03 Å². The summed E-state index contributed by atoms with van der Waals surface area (Å²) in [7, 11) is 0. The van der Waals surface area contributed by atoms with Gasteiger partial charge in [0.05, 0.1) is 5.69 Å². The summed E-state index contributed by atoms with van der Waals surface area (Å²) in [6.45, 7) is 0. The van der Waals surface area contributed by atoms with Gasteiger partial charge in [-0.2, -0.15) is 0 Å². The molecule has 1 aromatic carbocycles. The van der Waals surface area contributed by atoms with Crippen LogP contribution in [0.2, 0.25) is 0 Å². The number of amides is 2. The van der Waals surface area contributed by atoms with Gasteiger partial charge in [0.25, 0.3) is 0 Å². The maximum atomic E-state index is 11.1. The second-order valence-corrected chi connectivity index (χ2v) is 4.80. The van der Waals surface area contributed by atoms with Crippen LogP contribution in [0.3, 0.4) is 0 Å². The zero-order valence-electron chi connectivity index (χ0n) is 10.2. The summed E-state index contributed by atoms with van der Waals surface area (Å²) in [5, 5.41) is 14.8. The fourth-order valence-electron chi connectivity index (χ4n) is 1.46. The van der Waals surface area contributed by atoms with Gasteiger partial charge in [-0.05, 0) is 12.1 Å². The maximum absolute atomic E-state index is 11.1. The number of rotatable bonds is 3. The first-order valence-corrected chi connectivity index (χ1v) is 6.79. The molecule has 0 aliphatic heterocycles. The van der Waals surface area contributed by atoms with E-state index in [0.717, 1.165) is 11.3 Å². The van der Waals surface area contributed by atoms with Crippen molar-refractivity contribution >= 4 is 47.0 Å². The molecule has 1 aromatic heterocycles. The predicted molar refractivity (Wildman–Crippen MR) is 84.2 cm³/mol. The largest absolute Gasteiger partial charge is 0.370 e. The summed E-state index contributed by atoms with van der Waals surface area (Å²) in [4.78, 5) is 15.4. The smallest absolute Gasteiger partial charge is 0.329 e. The van der Waals surface area contributed by atoms with Crippen LogP contribution < -0.4 is 21.1 Å². The highest BCUT2D eigenvalue weighted by atomic mass is 32.1. The molecule has 6 N–H and O–H groups in total. The van der Waals surface area contributed by atoms with Gasteiger partial charge in [-0.15, -0.1) is 11.3 Å². The minimum Gasteiger partial charge on any atom is -0.370 e. The molecule has 20 heavy (non-hydrogen) atoms. The van der Waals surface area contributed by atoms with E-state index in [0.29, 0.717) is 10.8 Å². The van der Waals surface area contributed by atoms with E-state index in [1.807, 2.05) is 17.5 Å². The van der Waals surface area contributed by atoms with Crippen LogP contribution in [0.1, 0.15) is 0 Å². The first-order chi connectivity index (χ1) is 9.58. The topological polar surface area (TPSA) is 116 Å². The van der Waals surface area contributed by atoms with Crippen molar-refractivity contribution in [2.75, 3.05) is 10.6 Å². The maximum Gasteiger partial charge on any atom is 0.329 e. The average molecular weight is 308 g/mol. The number of carbonyl (C=O) groups is 1. The third kappa shape index (κ3) is 3.62. The molecule has 0 spiro atoms. The van der Waals surface area contributed by atoms with Gasteiger partial charge in [0.1, 0.15) is 0 Å². The Labute approximate surface area is 124 Å². The number of thiazole rings is 1. The normalized spacial score (nSPS) is 9.85. The molecule has 0 radical (unpaired) electrons.